The van der Waals surface area contributed by atoms with Crippen LogP contribution in [-0.2, 0) is 4.79 Å². The molecule has 0 bridgehead atoms. The lowest BCUT2D eigenvalue weighted by Gasteiger charge is -2.17. The molecule has 0 saturated carbocycles. The minimum atomic E-state index is -1.61. The first-order valence-corrected chi connectivity index (χ1v) is 4.96. The van der Waals surface area contributed by atoms with E-state index in [-0.39, 0.29) is 11.6 Å². The van der Waals surface area contributed by atoms with Crippen LogP contribution >= 0.6 is 0 Å². The number of nitrogens with one attached hydrogen (secondary N) is 1. The minimum Gasteiger partial charge on any atom is -0.480 e. The maximum atomic E-state index is 13.0. The number of carbonyl (C=O) groups is 1. The van der Waals surface area contributed by atoms with Crippen molar-refractivity contribution in [2.24, 2.45) is 0 Å². The Morgan fingerprint density at radius 1 is 1.24 bits per heavy atom. The van der Waals surface area contributed by atoms with Gasteiger partial charge in [0.1, 0.15) is 6.04 Å². The summed E-state index contributed by atoms with van der Waals surface area (Å²) in [5, 5.41) is 11.5. The van der Waals surface area contributed by atoms with E-state index in [1.165, 1.54) is 0 Å². The highest BCUT2D eigenvalue weighted by Gasteiger charge is 2.23. The Kier molecular flexibility index (Phi) is 4.11. The molecule has 1 rings (SSSR count). The van der Waals surface area contributed by atoms with Gasteiger partial charge in [-0.15, -0.1) is 0 Å². The predicted octanol–water partition coefficient (Wildman–Crippen LogP) is 2.23. The van der Waals surface area contributed by atoms with Gasteiger partial charge in [-0.1, -0.05) is 0 Å². The fourth-order valence-corrected chi connectivity index (χ4v) is 1.39. The van der Waals surface area contributed by atoms with Crippen molar-refractivity contribution >= 4 is 5.97 Å². The van der Waals surface area contributed by atoms with E-state index in [9.17, 15) is 18.0 Å². The van der Waals surface area contributed by atoms with Crippen LogP contribution in [0.2, 0.25) is 0 Å². The van der Waals surface area contributed by atoms with Gasteiger partial charge in [0, 0.05) is 6.04 Å². The summed E-state index contributed by atoms with van der Waals surface area (Å²) < 4.78 is 38.7. The molecule has 0 spiro atoms. The summed E-state index contributed by atoms with van der Waals surface area (Å²) in [6.45, 7) is 3.37. The lowest BCUT2D eigenvalue weighted by atomic mass is 10.1. The average Bonchev–Trinajstić information content (AvgIpc) is 2.21. The van der Waals surface area contributed by atoms with Crippen molar-refractivity contribution < 1.29 is 23.1 Å². The van der Waals surface area contributed by atoms with Crippen LogP contribution in [0.3, 0.4) is 0 Å². The van der Waals surface area contributed by atoms with Crippen molar-refractivity contribution in [3.05, 3.63) is 35.1 Å². The van der Waals surface area contributed by atoms with E-state index in [0.29, 0.717) is 12.1 Å². The Bertz CT molecular complexity index is 412. The molecule has 0 aliphatic carbocycles. The van der Waals surface area contributed by atoms with E-state index in [2.05, 4.69) is 5.32 Å². The van der Waals surface area contributed by atoms with Gasteiger partial charge < -0.3 is 5.11 Å². The maximum absolute atomic E-state index is 13.0. The largest absolute Gasteiger partial charge is 0.480 e. The monoisotopic (exact) mass is 247 g/mol. The number of aliphatic carboxylic acids is 1. The molecule has 94 valence electrons. The first-order valence-electron chi connectivity index (χ1n) is 4.96. The van der Waals surface area contributed by atoms with Gasteiger partial charge in [-0.3, -0.25) is 10.1 Å². The highest BCUT2D eigenvalue weighted by atomic mass is 19.2. The zero-order valence-electron chi connectivity index (χ0n) is 9.30. The third-order valence-electron chi connectivity index (χ3n) is 2.09. The van der Waals surface area contributed by atoms with Gasteiger partial charge in [0.05, 0.1) is 0 Å². The number of hydrogen-bond acceptors (Lipinski definition) is 2. The molecular weight excluding hydrogens is 235 g/mol. The van der Waals surface area contributed by atoms with E-state index in [0.717, 1.165) is 0 Å². The van der Waals surface area contributed by atoms with E-state index in [1.807, 2.05) is 0 Å². The molecule has 0 aliphatic rings. The summed E-state index contributed by atoms with van der Waals surface area (Å²) in [5.41, 5.74) is -0.164. The lowest BCUT2D eigenvalue weighted by Crippen LogP contribution is -2.33. The zero-order chi connectivity index (χ0) is 13.2. The molecular formula is C11H12F3NO2. The second-order valence-electron chi connectivity index (χ2n) is 3.89. The summed E-state index contributed by atoms with van der Waals surface area (Å²) in [7, 11) is 0. The van der Waals surface area contributed by atoms with Crippen LogP contribution in [0.1, 0.15) is 25.5 Å². The van der Waals surface area contributed by atoms with Crippen LogP contribution < -0.4 is 5.32 Å². The van der Waals surface area contributed by atoms with Gasteiger partial charge >= 0.3 is 5.97 Å². The van der Waals surface area contributed by atoms with Gasteiger partial charge in [0.15, 0.2) is 17.5 Å². The number of carboxylic acids is 1. The lowest BCUT2D eigenvalue weighted by molar-refractivity contribution is -0.139. The van der Waals surface area contributed by atoms with E-state index < -0.39 is 29.5 Å². The quantitative estimate of drug-likeness (QED) is 0.802. The van der Waals surface area contributed by atoms with Crippen molar-refractivity contribution in [2.75, 3.05) is 0 Å². The molecule has 17 heavy (non-hydrogen) atoms. The molecule has 1 unspecified atom stereocenters. The smallest absolute Gasteiger partial charge is 0.325 e. The first kappa shape index (κ1) is 13.5. The summed E-state index contributed by atoms with van der Waals surface area (Å²) in [6, 6.07) is -0.133. The summed E-state index contributed by atoms with van der Waals surface area (Å²) in [5.74, 6) is -5.71. The van der Waals surface area contributed by atoms with Gasteiger partial charge in [-0.25, -0.2) is 13.2 Å². The van der Waals surface area contributed by atoms with Crippen molar-refractivity contribution in [2.45, 2.75) is 25.9 Å². The van der Waals surface area contributed by atoms with Gasteiger partial charge in [-0.2, -0.15) is 0 Å². The summed E-state index contributed by atoms with van der Waals surface area (Å²) >= 11 is 0. The third-order valence-corrected chi connectivity index (χ3v) is 2.09. The fourth-order valence-electron chi connectivity index (χ4n) is 1.39. The average molecular weight is 247 g/mol. The van der Waals surface area contributed by atoms with Crippen LogP contribution in [-0.4, -0.2) is 17.1 Å². The number of carboxylic acid groups (broad SMARTS) is 1. The highest BCUT2D eigenvalue weighted by Crippen LogP contribution is 2.20. The number of halogens is 3. The zero-order valence-corrected chi connectivity index (χ0v) is 9.30. The fraction of sp³-hybridized carbons (Fsp3) is 0.364. The Balaban J connectivity index is 3.15. The SMILES string of the molecule is CC(C)NC(C(=O)O)c1cc(F)c(F)c(F)c1. The Morgan fingerprint density at radius 2 is 1.71 bits per heavy atom. The van der Waals surface area contributed by atoms with Gasteiger partial charge in [0.25, 0.3) is 0 Å². The van der Waals surface area contributed by atoms with Crippen molar-refractivity contribution in [3.63, 3.8) is 0 Å². The number of benzene rings is 1. The summed E-state index contributed by atoms with van der Waals surface area (Å²) in [4.78, 5) is 10.9. The molecule has 0 heterocycles. The van der Waals surface area contributed by atoms with Gasteiger partial charge in [-0.05, 0) is 31.5 Å². The summed E-state index contributed by atoms with van der Waals surface area (Å²) in [6.07, 6.45) is 0. The van der Waals surface area contributed by atoms with Gasteiger partial charge in [0.2, 0.25) is 0 Å². The van der Waals surface area contributed by atoms with Crippen molar-refractivity contribution in [1.82, 2.24) is 5.32 Å². The predicted molar refractivity (Wildman–Crippen MR) is 55.0 cm³/mol. The molecule has 1 aromatic carbocycles. The molecule has 3 nitrogen and oxygen atoms in total. The Labute approximate surface area is 96.3 Å². The van der Waals surface area contributed by atoms with Crippen LogP contribution in [0.4, 0.5) is 13.2 Å². The standard InChI is InChI=1S/C11H12F3NO2/c1-5(2)15-10(11(16)17)6-3-7(12)9(14)8(13)4-6/h3-5,10,15H,1-2H3,(H,16,17). The third kappa shape index (κ3) is 3.20. The molecule has 0 fully saturated rings. The topological polar surface area (TPSA) is 49.3 Å². The second-order valence-corrected chi connectivity index (χ2v) is 3.89. The van der Waals surface area contributed by atoms with Crippen molar-refractivity contribution in [3.8, 4) is 0 Å². The Morgan fingerprint density at radius 3 is 2.06 bits per heavy atom. The highest BCUT2D eigenvalue weighted by molar-refractivity contribution is 5.75. The maximum Gasteiger partial charge on any atom is 0.325 e. The first-order chi connectivity index (χ1) is 7.82. The van der Waals surface area contributed by atoms with E-state index in [1.54, 1.807) is 13.8 Å². The number of rotatable bonds is 4. The minimum absolute atomic E-state index is 0.164. The van der Waals surface area contributed by atoms with Crippen LogP contribution in [0.15, 0.2) is 12.1 Å². The molecule has 0 saturated heterocycles. The molecule has 1 aromatic rings. The molecule has 1 atom stereocenters. The van der Waals surface area contributed by atoms with Crippen molar-refractivity contribution in [1.29, 1.82) is 0 Å². The Hall–Kier alpha value is -1.56. The molecule has 0 aliphatic heterocycles. The van der Waals surface area contributed by atoms with Crippen LogP contribution in [0, 0.1) is 17.5 Å². The van der Waals surface area contributed by atoms with E-state index >= 15 is 0 Å². The molecule has 2 N–H and O–H groups in total. The number of hydrogen-bond donors (Lipinski definition) is 2. The van der Waals surface area contributed by atoms with Crippen LogP contribution in [0.5, 0.6) is 0 Å². The molecule has 0 radical (unpaired) electrons. The molecule has 0 amide bonds. The normalized spacial score (nSPS) is 12.8. The van der Waals surface area contributed by atoms with E-state index in [4.69, 9.17) is 5.11 Å². The second kappa shape index (κ2) is 5.18. The molecule has 6 heteroatoms. The van der Waals surface area contributed by atoms with Crippen LogP contribution in [0.25, 0.3) is 0 Å². The molecule has 0 aromatic heterocycles.